The average Bonchev–Trinajstić information content (AvgIpc) is 3.20. The summed E-state index contributed by atoms with van der Waals surface area (Å²) in [6, 6.07) is 12.0. The Morgan fingerprint density at radius 2 is 1.83 bits per heavy atom. The van der Waals surface area contributed by atoms with Gasteiger partial charge in [-0.05, 0) is 48.9 Å². The van der Waals surface area contributed by atoms with Gasteiger partial charge in [-0.25, -0.2) is 9.97 Å². The van der Waals surface area contributed by atoms with Crippen LogP contribution in [0.3, 0.4) is 0 Å². The predicted molar refractivity (Wildman–Crippen MR) is 108 cm³/mol. The van der Waals surface area contributed by atoms with Gasteiger partial charge in [0.2, 0.25) is 18.4 Å². The van der Waals surface area contributed by atoms with E-state index in [1.165, 1.54) is 13.3 Å². The van der Waals surface area contributed by atoms with Gasteiger partial charge < -0.3 is 20.1 Å². The minimum atomic E-state index is -0.547. The number of benzene rings is 2. The van der Waals surface area contributed by atoms with Crippen LogP contribution in [0, 0.1) is 10.1 Å². The Balaban J connectivity index is 1.55. The van der Waals surface area contributed by atoms with Crippen molar-refractivity contribution in [3.8, 4) is 11.5 Å². The molecule has 0 saturated heterocycles. The van der Waals surface area contributed by atoms with Crippen LogP contribution in [0.1, 0.15) is 22.8 Å². The molecule has 1 aromatic heterocycles. The molecular weight excluding hydrogens is 390 g/mol. The van der Waals surface area contributed by atoms with Gasteiger partial charge >= 0.3 is 5.69 Å². The Kier molecular flexibility index (Phi) is 5.12. The lowest BCUT2D eigenvalue weighted by Gasteiger charge is -2.10. The number of nitrogens with zero attached hydrogens (tertiary/aromatic N) is 3. The smallest absolute Gasteiger partial charge is 0.353 e. The summed E-state index contributed by atoms with van der Waals surface area (Å²) in [6.07, 6.45) is 1.24. The molecule has 0 fully saturated rings. The minimum Gasteiger partial charge on any atom is -0.454 e. The van der Waals surface area contributed by atoms with E-state index in [1.807, 2.05) is 6.07 Å². The number of carbonyl (C=O) groups excluding carboxylic acids is 1. The summed E-state index contributed by atoms with van der Waals surface area (Å²) >= 11 is 0. The van der Waals surface area contributed by atoms with Crippen molar-refractivity contribution >= 4 is 28.8 Å². The van der Waals surface area contributed by atoms with Crippen LogP contribution < -0.4 is 20.1 Å². The summed E-state index contributed by atoms with van der Waals surface area (Å²) in [4.78, 5) is 30.6. The molecule has 10 nitrogen and oxygen atoms in total. The van der Waals surface area contributed by atoms with Gasteiger partial charge in [-0.15, -0.1) is 0 Å². The van der Waals surface area contributed by atoms with Gasteiger partial charge in [-0.1, -0.05) is 6.07 Å². The molecule has 30 heavy (non-hydrogen) atoms. The SMILES string of the molecule is CC(=O)c1ccc(Nc2ncnc(NCc3ccc4c(c3)OCO4)c2[N+](=O)[O-])cc1. The first-order valence-corrected chi connectivity index (χ1v) is 9.01. The highest BCUT2D eigenvalue weighted by Crippen LogP contribution is 2.34. The Morgan fingerprint density at radius 1 is 1.10 bits per heavy atom. The zero-order valence-corrected chi connectivity index (χ0v) is 15.9. The second-order valence-corrected chi connectivity index (χ2v) is 6.48. The normalized spacial score (nSPS) is 11.8. The van der Waals surface area contributed by atoms with Crippen LogP contribution in [-0.4, -0.2) is 27.5 Å². The van der Waals surface area contributed by atoms with Crippen molar-refractivity contribution in [3.63, 3.8) is 0 Å². The fourth-order valence-electron chi connectivity index (χ4n) is 2.93. The molecule has 10 heteroatoms. The Bertz CT molecular complexity index is 1120. The number of Topliss-reactive ketones (excluding diaryl/α,β-unsaturated/α-hetero) is 1. The highest BCUT2D eigenvalue weighted by molar-refractivity contribution is 5.94. The lowest BCUT2D eigenvalue weighted by molar-refractivity contribution is -0.383. The summed E-state index contributed by atoms with van der Waals surface area (Å²) in [7, 11) is 0. The van der Waals surface area contributed by atoms with Crippen molar-refractivity contribution in [2.24, 2.45) is 0 Å². The highest BCUT2D eigenvalue weighted by Gasteiger charge is 2.23. The molecule has 2 aromatic carbocycles. The van der Waals surface area contributed by atoms with E-state index in [1.54, 1.807) is 36.4 Å². The maximum Gasteiger partial charge on any atom is 0.353 e. The van der Waals surface area contributed by atoms with E-state index in [4.69, 9.17) is 9.47 Å². The van der Waals surface area contributed by atoms with Crippen molar-refractivity contribution in [2.45, 2.75) is 13.5 Å². The molecule has 4 rings (SSSR count). The van der Waals surface area contributed by atoms with Crippen molar-refractivity contribution in [1.82, 2.24) is 9.97 Å². The number of hydrogen-bond donors (Lipinski definition) is 2. The number of ether oxygens (including phenoxy) is 2. The third-order valence-electron chi connectivity index (χ3n) is 4.46. The fourth-order valence-corrected chi connectivity index (χ4v) is 2.93. The van der Waals surface area contributed by atoms with Crippen LogP contribution >= 0.6 is 0 Å². The molecule has 152 valence electrons. The topological polar surface area (TPSA) is 129 Å². The van der Waals surface area contributed by atoms with E-state index in [0.29, 0.717) is 29.3 Å². The quantitative estimate of drug-likeness (QED) is 0.342. The van der Waals surface area contributed by atoms with Gasteiger partial charge in [-0.2, -0.15) is 0 Å². The van der Waals surface area contributed by atoms with Gasteiger partial charge in [0.25, 0.3) is 0 Å². The van der Waals surface area contributed by atoms with Crippen LogP contribution in [-0.2, 0) is 6.54 Å². The summed E-state index contributed by atoms with van der Waals surface area (Å²) in [5.41, 5.74) is 1.67. The van der Waals surface area contributed by atoms with Crippen molar-refractivity contribution in [1.29, 1.82) is 0 Å². The first kappa shape index (κ1) is 19.1. The maximum absolute atomic E-state index is 11.7. The van der Waals surface area contributed by atoms with Crippen LogP contribution in [0.25, 0.3) is 0 Å². The summed E-state index contributed by atoms with van der Waals surface area (Å²) in [6.45, 7) is 1.93. The Hall–Kier alpha value is -4.21. The molecule has 0 atom stereocenters. The monoisotopic (exact) mass is 407 g/mol. The molecular formula is C20H17N5O5. The molecule has 0 unspecified atom stereocenters. The number of carbonyl (C=O) groups is 1. The van der Waals surface area contributed by atoms with Gasteiger partial charge in [0.05, 0.1) is 4.92 Å². The molecule has 0 radical (unpaired) electrons. The number of anilines is 3. The number of nitro groups is 1. The molecule has 3 aromatic rings. The number of aromatic nitrogens is 2. The second-order valence-electron chi connectivity index (χ2n) is 6.48. The molecule has 2 N–H and O–H groups in total. The van der Waals surface area contributed by atoms with E-state index in [2.05, 4.69) is 20.6 Å². The standard InChI is InChI=1S/C20H17N5O5/c1-12(26)14-3-5-15(6-4-14)24-20-18(25(27)28)19(22-10-23-20)21-9-13-2-7-16-17(8-13)30-11-29-16/h2-8,10H,9,11H2,1H3,(H2,21,22,23,24). The fraction of sp³-hybridized carbons (Fsp3) is 0.150. The highest BCUT2D eigenvalue weighted by atomic mass is 16.7. The molecule has 1 aliphatic rings. The predicted octanol–water partition coefficient (Wildman–Crippen LogP) is 3.67. The van der Waals surface area contributed by atoms with E-state index in [9.17, 15) is 14.9 Å². The number of hydrogen-bond acceptors (Lipinski definition) is 9. The lowest BCUT2D eigenvalue weighted by atomic mass is 10.1. The zero-order valence-electron chi connectivity index (χ0n) is 15.9. The Labute approximate surface area is 171 Å². The molecule has 0 bridgehead atoms. The van der Waals surface area contributed by atoms with Crippen molar-refractivity contribution in [3.05, 3.63) is 70.0 Å². The largest absolute Gasteiger partial charge is 0.454 e. The molecule has 2 heterocycles. The molecule has 0 amide bonds. The first-order chi connectivity index (χ1) is 14.5. The maximum atomic E-state index is 11.7. The van der Waals surface area contributed by atoms with Gasteiger partial charge in [0.1, 0.15) is 6.33 Å². The number of ketones is 1. The van der Waals surface area contributed by atoms with Crippen LogP contribution in [0.4, 0.5) is 23.0 Å². The minimum absolute atomic E-state index is 0.0405. The zero-order chi connectivity index (χ0) is 21.1. The third kappa shape index (κ3) is 3.97. The van der Waals surface area contributed by atoms with Gasteiger partial charge in [0.15, 0.2) is 17.3 Å². The number of nitrogens with one attached hydrogen (secondary N) is 2. The van der Waals surface area contributed by atoms with E-state index < -0.39 is 4.92 Å². The van der Waals surface area contributed by atoms with E-state index >= 15 is 0 Å². The molecule has 1 aliphatic heterocycles. The van der Waals surface area contributed by atoms with Gasteiger partial charge in [-0.3, -0.25) is 14.9 Å². The van der Waals surface area contributed by atoms with E-state index in [-0.39, 0.29) is 29.9 Å². The average molecular weight is 407 g/mol. The third-order valence-corrected chi connectivity index (χ3v) is 4.46. The summed E-state index contributed by atoms with van der Waals surface area (Å²) in [5, 5.41) is 17.6. The molecule has 0 saturated carbocycles. The summed E-state index contributed by atoms with van der Waals surface area (Å²) in [5.74, 6) is 1.34. The van der Waals surface area contributed by atoms with Crippen LogP contribution in [0.15, 0.2) is 48.8 Å². The van der Waals surface area contributed by atoms with Crippen molar-refractivity contribution in [2.75, 3.05) is 17.4 Å². The second kappa shape index (κ2) is 8.03. The molecule has 0 aliphatic carbocycles. The van der Waals surface area contributed by atoms with Crippen LogP contribution in [0.2, 0.25) is 0 Å². The van der Waals surface area contributed by atoms with Crippen LogP contribution in [0.5, 0.6) is 11.5 Å². The molecule has 0 spiro atoms. The number of fused-ring (bicyclic) bond motifs is 1. The van der Waals surface area contributed by atoms with Crippen molar-refractivity contribution < 1.29 is 19.2 Å². The van der Waals surface area contributed by atoms with E-state index in [0.717, 1.165) is 5.56 Å². The number of rotatable bonds is 7. The Morgan fingerprint density at radius 3 is 2.57 bits per heavy atom. The lowest BCUT2D eigenvalue weighted by Crippen LogP contribution is -2.08. The summed E-state index contributed by atoms with van der Waals surface area (Å²) < 4.78 is 10.6. The van der Waals surface area contributed by atoms with Gasteiger partial charge in [0, 0.05) is 17.8 Å². The first-order valence-electron chi connectivity index (χ1n) is 9.01.